The molecule has 0 aromatic heterocycles. The minimum Gasteiger partial charge on any atom is -0.480 e. The molecule has 0 aliphatic heterocycles. The number of ether oxygens (including phenoxy) is 1. The van der Waals surface area contributed by atoms with Crippen molar-refractivity contribution in [2.24, 2.45) is 0 Å². The van der Waals surface area contributed by atoms with Crippen LogP contribution in [0.4, 0.5) is 0 Å². The lowest BCUT2D eigenvalue weighted by atomic mass is 9.72. The Hall–Kier alpha value is -0.610. The molecule has 0 heterocycles. The Bertz CT molecular complexity index is 220. The maximum Gasteiger partial charge on any atom is 0.324 e. The average molecular weight is 215 g/mol. The lowest BCUT2D eigenvalue weighted by molar-refractivity contribution is -0.172. The molecular weight excluding hydrogens is 194 g/mol. The molecule has 0 radical (unpaired) electrons. The van der Waals surface area contributed by atoms with Gasteiger partial charge in [-0.25, -0.2) is 0 Å². The van der Waals surface area contributed by atoms with E-state index in [-0.39, 0.29) is 6.10 Å². The SMILES string of the molecule is CCOC1CC(C(=O)O)(N(CC)CC)C1. The van der Waals surface area contributed by atoms with E-state index >= 15 is 0 Å². The van der Waals surface area contributed by atoms with E-state index < -0.39 is 11.5 Å². The summed E-state index contributed by atoms with van der Waals surface area (Å²) in [5, 5.41) is 9.31. The van der Waals surface area contributed by atoms with E-state index in [1.165, 1.54) is 0 Å². The minimum atomic E-state index is -0.706. The van der Waals surface area contributed by atoms with Crippen LogP contribution < -0.4 is 0 Å². The van der Waals surface area contributed by atoms with Crippen molar-refractivity contribution in [3.63, 3.8) is 0 Å². The number of hydrogen-bond donors (Lipinski definition) is 1. The van der Waals surface area contributed by atoms with Crippen molar-refractivity contribution >= 4 is 5.97 Å². The van der Waals surface area contributed by atoms with E-state index in [2.05, 4.69) is 0 Å². The zero-order chi connectivity index (χ0) is 11.5. The fraction of sp³-hybridized carbons (Fsp3) is 0.909. The molecule has 0 aromatic rings. The summed E-state index contributed by atoms with van der Waals surface area (Å²) in [5.74, 6) is -0.706. The van der Waals surface area contributed by atoms with E-state index in [1.807, 2.05) is 25.7 Å². The van der Waals surface area contributed by atoms with Crippen molar-refractivity contribution in [1.29, 1.82) is 0 Å². The van der Waals surface area contributed by atoms with Crippen LogP contribution in [0.25, 0.3) is 0 Å². The molecule has 0 saturated heterocycles. The normalized spacial score (nSPS) is 30.3. The predicted molar refractivity (Wildman–Crippen MR) is 57.9 cm³/mol. The second-order valence-electron chi connectivity index (χ2n) is 3.99. The summed E-state index contributed by atoms with van der Waals surface area (Å²) in [6.07, 6.45) is 1.38. The number of carboxylic acid groups (broad SMARTS) is 1. The second kappa shape index (κ2) is 4.94. The van der Waals surface area contributed by atoms with Crippen LogP contribution in [-0.2, 0) is 9.53 Å². The monoisotopic (exact) mass is 215 g/mol. The fourth-order valence-corrected chi connectivity index (χ4v) is 2.44. The first-order valence-electron chi connectivity index (χ1n) is 5.70. The lowest BCUT2D eigenvalue weighted by Gasteiger charge is -2.50. The van der Waals surface area contributed by atoms with Gasteiger partial charge in [0.05, 0.1) is 6.10 Å². The first-order valence-corrected chi connectivity index (χ1v) is 5.70. The van der Waals surface area contributed by atoms with Crippen molar-refractivity contribution < 1.29 is 14.6 Å². The van der Waals surface area contributed by atoms with Gasteiger partial charge in [0.2, 0.25) is 0 Å². The largest absolute Gasteiger partial charge is 0.480 e. The first kappa shape index (κ1) is 12.5. The maximum atomic E-state index is 11.3. The van der Waals surface area contributed by atoms with Crippen LogP contribution in [0.5, 0.6) is 0 Å². The fourth-order valence-electron chi connectivity index (χ4n) is 2.44. The third kappa shape index (κ3) is 2.16. The summed E-state index contributed by atoms with van der Waals surface area (Å²) in [7, 11) is 0. The second-order valence-corrected chi connectivity index (χ2v) is 3.99. The molecule has 4 nitrogen and oxygen atoms in total. The summed E-state index contributed by atoms with van der Waals surface area (Å²) >= 11 is 0. The number of rotatable bonds is 6. The number of hydrogen-bond acceptors (Lipinski definition) is 3. The van der Waals surface area contributed by atoms with Crippen LogP contribution in [0.15, 0.2) is 0 Å². The minimum absolute atomic E-state index is 0.131. The number of likely N-dealkylation sites (N-methyl/N-ethyl adjacent to an activating group) is 1. The van der Waals surface area contributed by atoms with Crippen LogP contribution in [0.1, 0.15) is 33.6 Å². The van der Waals surface area contributed by atoms with E-state index in [0.717, 1.165) is 13.1 Å². The van der Waals surface area contributed by atoms with Crippen LogP contribution in [-0.4, -0.2) is 47.3 Å². The molecule has 1 N–H and O–H groups in total. The van der Waals surface area contributed by atoms with Crippen molar-refractivity contribution in [3.8, 4) is 0 Å². The molecule has 0 unspecified atom stereocenters. The Morgan fingerprint density at radius 1 is 1.40 bits per heavy atom. The molecule has 0 aromatic carbocycles. The Morgan fingerprint density at radius 3 is 2.27 bits per heavy atom. The van der Waals surface area contributed by atoms with Crippen LogP contribution in [0.2, 0.25) is 0 Å². The predicted octanol–water partition coefficient (Wildman–Crippen LogP) is 1.35. The molecule has 15 heavy (non-hydrogen) atoms. The molecule has 0 bridgehead atoms. The molecular formula is C11H21NO3. The molecule has 1 aliphatic carbocycles. The van der Waals surface area contributed by atoms with Gasteiger partial charge < -0.3 is 9.84 Å². The summed E-state index contributed by atoms with van der Waals surface area (Å²) in [4.78, 5) is 13.3. The van der Waals surface area contributed by atoms with Crippen LogP contribution in [0, 0.1) is 0 Å². The highest BCUT2D eigenvalue weighted by molar-refractivity contribution is 5.80. The van der Waals surface area contributed by atoms with Gasteiger partial charge in [-0.2, -0.15) is 0 Å². The zero-order valence-corrected chi connectivity index (χ0v) is 9.82. The van der Waals surface area contributed by atoms with Crippen LogP contribution >= 0.6 is 0 Å². The van der Waals surface area contributed by atoms with Gasteiger partial charge in [0.25, 0.3) is 0 Å². The molecule has 1 saturated carbocycles. The third-order valence-electron chi connectivity index (χ3n) is 3.30. The van der Waals surface area contributed by atoms with Crippen LogP contribution in [0.3, 0.4) is 0 Å². The quantitative estimate of drug-likeness (QED) is 0.726. The van der Waals surface area contributed by atoms with Gasteiger partial charge in [-0.05, 0) is 20.0 Å². The highest BCUT2D eigenvalue weighted by atomic mass is 16.5. The first-order chi connectivity index (χ1) is 7.10. The highest BCUT2D eigenvalue weighted by Gasteiger charge is 2.54. The summed E-state index contributed by atoms with van der Waals surface area (Å²) in [5.41, 5.74) is -0.663. The van der Waals surface area contributed by atoms with Crippen molar-refractivity contribution in [2.45, 2.75) is 45.3 Å². The number of carbonyl (C=O) groups is 1. The Kier molecular flexibility index (Phi) is 4.11. The molecule has 4 heteroatoms. The van der Waals surface area contributed by atoms with Crippen molar-refractivity contribution in [1.82, 2.24) is 4.90 Å². The molecule has 0 amide bonds. The molecule has 88 valence electrons. The highest BCUT2D eigenvalue weighted by Crippen LogP contribution is 2.39. The maximum absolute atomic E-state index is 11.3. The summed E-state index contributed by atoms with van der Waals surface area (Å²) in [6.45, 7) is 8.17. The topological polar surface area (TPSA) is 49.8 Å². The van der Waals surface area contributed by atoms with E-state index in [0.29, 0.717) is 19.4 Å². The molecule has 0 spiro atoms. The van der Waals surface area contributed by atoms with Gasteiger partial charge in [0, 0.05) is 19.4 Å². The van der Waals surface area contributed by atoms with E-state index in [4.69, 9.17) is 4.74 Å². The summed E-state index contributed by atoms with van der Waals surface area (Å²) in [6, 6.07) is 0. The smallest absolute Gasteiger partial charge is 0.324 e. The van der Waals surface area contributed by atoms with Gasteiger partial charge in [0.1, 0.15) is 5.54 Å². The Labute approximate surface area is 91.2 Å². The van der Waals surface area contributed by atoms with Crippen molar-refractivity contribution in [2.75, 3.05) is 19.7 Å². The number of nitrogens with zero attached hydrogens (tertiary/aromatic N) is 1. The molecule has 1 rings (SSSR count). The van der Waals surface area contributed by atoms with Gasteiger partial charge in [-0.3, -0.25) is 9.69 Å². The Balaban J connectivity index is 2.64. The lowest BCUT2D eigenvalue weighted by Crippen LogP contribution is -2.64. The zero-order valence-electron chi connectivity index (χ0n) is 9.82. The number of carboxylic acids is 1. The van der Waals surface area contributed by atoms with Gasteiger partial charge >= 0.3 is 5.97 Å². The Morgan fingerprint density at radius 2 is 1.93 bits per heavy atom. The molecule has 1 aliphatic rings. The van der Waals surface area contributed by atoms with E-state index in [9.17, 15) is 9.90 Å². The van der Waals surface area contributed by atoms with Gasteiger partial charge in [-0.1, -0.05) is 13.8 Å². The van der Waals surface area contributed by atoms with Gasteiger partial charge in [0.15, 0.2) is 0 Å². The van der Waals surface area contributed by atoms with Crippen molar-refractivity contribution in [3.05, 3.63) is 0 Å². The average Bonchev–Trinajstić information content (AvgIpc) is 2.14. The third-order valence-corrected chi connectivity index (χ3v) is 3.30. The van der Waals surface area contributed by atoms with E-state index in [1.54, 1.807) is 0 Å². The standard InChI is InChI=1S/C11H21NO3/c1-4-12(5-2)11(10(13)14)7-9(8-11)15-6-3/h9H,4-8H2,1-3H3,(H,13,14). The molecule has 1 fully saturated rings. The molecule has 0 atom stereocenters. The van der Waals surface area contributed by atoms with Gasteiger partial charge in [-0.15, -0.1) is 0 Å². The summed E-state index contributed by atoms with van der Waals surface area (Å²) < 4.78 is 5.43. The number of aliphatic carboxylic acids is 1.